The van der Waals surface area contributed by atoms with Crippen LogP contribution in [0.4, 0.5) is 10.5 Å². The van der Waals surface area contributed by atoms with Crippen LogP contribution >= 0.6 is 0 Å². The number of nitrogens with zero attached hydrogens (tertiary/aromatic N) is 1. The summed E-state index contributed by atoms with van der Waals surface area (Å²) in [6.45, 7) is 19.5. The van der Waals surface area contributed by atoms with E-state index in [0.717, 1.165) is 52.8 Å². The number of ether oxygens (including phenoxy) is 1. The molecule has 0 bridgehead atoms. The number of nitrogens with one attached hydrogen (secondary N) is 2. The molecule has 0 fully saturated rings. The minimum Gasteiger partial charge on any atom is -0.444 e. The van der Waals surface area contributed by atoms with Crippen LogP contribution in [-0.4, -0.2) is 41.0 Å². The van der Waals surface area contributed by atoms with E-state index in [0.29, 0.717) is 6.54 Å². The maximum absolute atomic E-state index is 14.3. The molecule has 0 aromatic heterocycles. The van der Waals surface area contributed by atoms with Gasteiger partial charge in [0.05, 0.1) is 0 Å². The fourth-order valence-electron chi connectivity index (χ4n) is 4.64. The largest absolute Gasteiger partial charge is 0.444 e. The number of anilines is 1. The lowest BCUT2D eigenvalue weighted by Crippen LogP contribution is -2.54. The van der Waals surface area contributed by atoms with E-state index in [1.807, 2.05) is 77.9 Å². The topological polar surface area (TPSA) is 87.7 Å². The highest BCUT2D eigenvalue weighted by molar-refractivity contribution is 6.00. The zero-order valence-electron chi connectivity index (χ0n) is 26.1. The first-order valence-electron chi connectivity index (χ1n) is 14.4. The molecule has 40 heavy (non-hydrogen) atoms. The van der Waals surface area contributed by atoms with Gasteiger partial charge < -0.3 is 20.3 Å². The van der Waals surface area contributed by atoms with Crippen molar-refractivity contribution >= 4 is 23.6 Å². The average molecular weight is 552 g/mol. The summed E-state index contributed by atoms with van der Waals surface area (Å²) < 4.78 is 5.47. The monoisotopic (exact) mass is 551 g/mol. The van der Waals surface area contributed by atoms with Crippen molar-refractivity contribution in [1.29, 1.82) is 0 Å². The van der Waals surface area contributed by atoms with Gasteiger partial charge in [0.2, 0.25) is 5.91 Å². The molecule has 0 aliphatic heterocycles. The second-order valence-electron chi connectivity index (χ2n) is 12.1. The number of alkyl carbamates (subject to hydrolysis) is 1. The van der Waals surface area contributed by atoms with Crippen molar-refractivity contribution in [2.75, 3.05) is 11.9 Å². The summed E-state index contributed by atoms with van der Waals surface area (Å²) in [6, 6.07) is 10.0. The summed E-state index contributed by atoms with van der Waals surface area (Å²) in [7, 11) is 0. The Morgan fingerprint density at radius 1 is 0.900 bits per heavy atom. The van der Waals surface area contributed by atoms with Crippen LogP contribution in [0.3, 0.4) is 0 Å². The third kappa shape index (κ3) is 9.10. The first-order chi connectivity index (χ1) is 18.7. The summed E-state index contributed by atoms with van der Waals surface area (Å²) in [5.41, 5.74) is 4.81. The Morgan fingerprint density at radius 3 is 2.05 bits per heavy atom. The highest BCUT2D eigenvalue weighted by Gasteiger charge is 2.37. The number of unbranched alkanes of at least 4 members (excludes halogenated alkanes) is 2. The molecular weight excluding hydrogens is 502 g/mol. The number of rotatable bonds is 11. The lowest BCUT2D eigenvalue weighted by Gasteiger charge is -2.36. The van der Waals surface area contributed by atoms with Gasteiger partial charge in [0, 0.05) is 12.2 Å². The van der Waals surface area contributed by atoms with Gasteiger partial charge in [-0.25, -0.2) is 4.79 Å². The number of hydrogen-bond donors (Lipinski definition) is 2. The molecule has 2 N–H and O–H groups in total. The third-order valence-electron chi connectivity index (χ3n) is 7.03. The standard InChI is InChI=1S/C33H49N3O4/c1-11-12-13-19-36(31(38)27(21(2)3)35-32(39)40-33(8,9)10)29(26-18-17-22(4)25(7)20-26)30(37)34-28-23(5)15-14-16-24(28)6/h14-18,20-21,27,29H,11-13,19H2,1-10H3,(H,34,37)(H,35,39). The molecule has 0 spiro atoms. The van der Waals surface area contributed by atoms with Gasteiger partial charge in [-0.2, -0.15) is 0 Å². The van der Waals surface area contributed by atoms with Crippen molar-refractivity contribution in [2.24, 2.45) is 5.92 Å². The minimum atomic E-state index is -0.885. The zero-order valence-corrected chi connectivity index (χ0v) is 26.1. The molecule has 0 saturated heterocycles. The Labute approximate surface area is 241 Å². The summed E-state index contributed by atoms with van der Waals surface area (Å²) in [6.07, 6.45) is 1.95. The number of carbonyl (C=O) groups is 3. The number of para-hydroxylation sites is 1. The average Bonchev–Trinajstić information content (AvgIpc) is 2.84. The summed E-state index contributed by atoms with van der Waals surface area (Å²) in [5, 5.41) is 5.93. The van der Waals surface area contributed by atoms with Gasteiger partial charge in [0.25, 0.3) is 5.91 Å². The van der Waals surface area contributed by atoms with E-state index in [-0.39, 0.29) is 17.7 Å². The molecule has 7 nitrogen and oxygen atoms in total. The van der Waals surface area contributed by atoms with E-state index in [1.54, 1.807) is 25.7 Å². The van der Waals surface area contributed by atoms with E-state index >= 15 is 0 Å². The maximum atomic E-state index is 14.3. The van der Waals surface area contributed by atoms with Gasteiger partial charge in [-0.05, 0) is 88.6 Å². The molecule has 3 amide bonds. The molecule has 0 saturated carbocycles. The van der Waals surface area contributed by atoms with Gasteiger partial charge in [-0.3, -0.25) is 9.59 Å². The van der Waals surface area contributed by atoms with Crippen LogP contribution in [0.2, 0.25) is 0 Å². The minimum absolute atomic E-state index is 0.226. The highest BCUT2D eigenvalue weighted by atomic mass is 16.6. The number of aryl methyl sites for hydroxylation is 4. The molecule has 2 aromatic rings. The lowest BCUT2D eigenvalue weighted by molar-refractivity contribution is -0.141. The van der Waals surface area contributed by atoms with Crippen LogP contribution in [0.15, 0.2) is 36.4 Å². The quantitative estimate of drug-likeness (QED) is 0.290. The molecule has 0 aliphatic rings. The van der Waals surface area contributed by atoms with Crippen molar-refractivity contribution < 1.29 is 19.1 Å². The van der Waals surface area contributed by atoms with Gasteiger partial charge in [0.15, 0.2) is 0 Å². The fraction of sp³-hybridized carbons (Fsp3) is 0.545. The molecule has 0 radical (unpaired) electrons. The van der Waals surface area contributed by atoms with Gasteiger partial charge >= 0.3 is 6.09 Å². The van der Waals surface area contributed by atoms with Crippen LogP contribution < -0.4 is 10.6 Å². The van der Waals surface area contributed by atoms with Crippen LogP contribution in [0.5, 0.6) is 0 Å². The highest BCUT2D eigenvalue weighted by Crippen LogP contribution is 2.29. The Bertz CT molecular complexity index is 1160. The smallest absolute Gasteiger partial charge is 0.408 e. The number of carbonyl (C=O) groups excluding carboxylic acids is 3. The first kappa shape index (κ1) is 32.9. The molecule has 7 heteroatoms. The number of amides is 3. The maximum Gasteiger partial charge on any atom is 0.408 e. The molecule has 0 heterocycles. The van der Waals surface area contributed by atoms with E-state index in [4.69, 9.17) is 4.74 Å². The van der Waals surface area contributed by atoms with E-state index < -0.39 is 23.8 Å². The Hall–Kier alpha value is -3.35. The molecule has 2 aromatic carbocycles. The van der Waals surface area contributed by atoms with E-state index in [1.165, 1.54) is 0 Å². The summed E-state index contributed by atoms with van der Waals surface area (Å²) >= 11 is 0. The predicted octanol–water partition coefficient (Wildman–Crippen LogP) is 7.17. The van der Waals surface area contributed by atoms with E-state index in [9.17, 15) is 14.4 Å². The molecule has 2 rings (SSSR count). The van der Waals surface area contributed by atoms with Crippen molar-refractivity contribution in [3.8, 4) is 0 Å². The van der Waals surface area contributed by atoms with Crippen molar-refractivity contribution in [2.45, 2.75) is 106 Å². The molecule has 2 unspecified atom stereocenters. The Kier molecular flexibility index (Phi) is 11.8. The van der Waals surface area contributed by atoms with Crippen LogP contribution in [0, 0.1) is 33.6 Å². The van der Waals surface area contributed by atoms with Crippen LogP contribution in [-0.2, 0) is 14.3 Å². The Morgan fingerprint density at radius 2 is 1.52 bits per heavy atom. The zero-order chi connectivity index (χ0) is 30.2. The SMILES string of the molecule is CCCCCN(C(=O)C(NC(=O)OC(C)(C)C)C(C)C)C(C(=O)Nc1c(C)cccc1C)c1ccc(C)c(C)c1. The third-order valence-corrected chi connectivity index (χ3v) is 7.03. The number of hydrogen-bond acceptors (Lipinski definition) is 4. The van der Waals surface area contributed by atoms with Crippen molar-refractivity contribution in [1.82, 2.24) is 10.2 Å². The number of benzene rings is 2. The predicted molar refractivity (Wildman–Crippen MR) is 162 cm³/mol. The lowest BCUT2D eigenvalue weighted by atomic mass is 9.96. The second-order valence-corrected chi connectivity index (χ2v) is 12.1. The van der Waals surface area contributed by atoms with Crippen molar-refractivity contribution in [3.63, 3.8) is 0 Å². The van der Waals surface area contributed by atoms with Crippen LogP contribution in [0.25, 0.3) is 0 Å². The first-order valence-corrected chi connectivity index (χ1v) is 14.4. The van der Waals surface area contributed by atoms with Crippen LogP contribution in [0.1, 0.15) is 94.7 Å². The molecular formula is C33H49N3O4. The molecule has 2 atom stereocenters. The van der Waals surface area contributed by atoms with Gasteiger partial charge in [-0.1, -0.05) is 70.0 Å². The normalized spacial score (nSPS) is 13.0. The molecule has 0 aliphatic carbocycles. The van der Waals surface area contributed by atoms with Gasteiger partial charge in [0.1, 0.15) is 17.7 Å². The molecule has 220 valence electrons. The summed E-state index contributed by atoms with van der Waals surface area (Å²) in [4.78, 5) is 42.9. The fourth-order valence-corrected chi connectivity index (χ4v) is 4.64. The Balaban J connectivity index is 2.61. The van der Waals surface area contributed by atoms with E-state index in [2.05, 4.69) is 17.6 Å². The summed E-state index contributed by atoms with van der Waals surface area (Å²) in [5.74, 6) is -0.821. The van der Waals surface area contributed by atoms with Crippen molar-refractivity contribution in [3.05, 3.63) is 64.2 Å². The second kappa shape index (κ2) is 14.3. The van der Waals surface area contributed by atoms with Gasteiger partial charge in [-0.15, -0.1) is 0 Å².